The highest BCUT2D eigenvalue weighted by atomic mass is 16.7. The van der Waals surface area contributed by atoms with Crippen LogP contribution in [0.3, 0.4) is 0 Å². The van der Waals surface area contributed by atoms with Crippen molar-refractivity contribution in [1.29, 1.82) is 0 Å². The molecule has 1 aliphatic rings. The van der Waals surface area contributed by atoms with Crippen molar-refractivity contribution in [2.45, 2.75) is 205 Å². The van der Waals surface area contributed by atoms with Crippen LogP contribution in [0.2, 0.25) is 0 Å². The Morgan fingerprint density at radius 1 is 0.544 bits per heavy atom. The molecule has 328 valence electrons. The second-order valence-corrected chi connectivity index (χ2v) is 15.1. The zero-order valence-electron chi connectivity index (χ0n) is 35.6. The summed E-state index contributed by atoms with van der Waals surface area (Å²) in [5.74, 6) is -0.910. The number of rotatable bonds is 36. The number of aliphatic hydroxyl groups is 4. The smallest absolute Gasteiger partial charge is 0.306 e. The summed E-state index contributed by atoms with van der Waals surface area (Å²) in [6.45, 7) is 3.31. The maximum Gasteiger partial charge on any atom is 0.306 e. The van der Waals surface area contributed by atoms with Gasteiger partial charge in [-0.2, -0.15) is 0 Å². The topological polar surface area (TPSA) is 152 Å². The zero-order valence-corrected chi connectivity index (χ0v) is 35.6. The highest BCUT2D eigenvalue weighted by molar-refractivity contribution is 5.70. The van der Waals surface area contributed by atoms with Crippen LogP contribution in [0.25, 0.3) is 0 Å². The van der Waals surface area contributed by atoms with Crippen molar-refractivity contribution >= 4 is 11.9 Å². The number of esters is 2. The Morgan fingerprint density at radius 2 is 1.00 bits per heavy atom. The average molecular weight is 805 g/mol. The van der Waals surface area contributed by atoms with Crippen molar-refractivity contribution in [3.63, 3.8) is 0 Å². The predicted molar refractivity (Wildman–Crippen MR) is 228 cm³/mol. The van der Waals surface area contributed by atoms with Crippen LogP contribution >= 0.6 is 0 Å². The molecule has 57 heavy (non-hydrogen) atoms. The Kier molecular flexibility index (Phi) is 34.6. The first-order valence-electron chi connectivity index (χ1n) is 22.4. The SMILES string of the molecule is CCCCCCCC/C=C/C/C=C/C/C=C/CCCC(=O)OC[C@@H](CO[C@H]1O[C@@H](CO)[C@@H](O)C(O)C1O)OC(=O)CCCC/C=C/C/C=C/CCCCCCCC. The molecule has 1 saturated heterocycles. The molecule has 1 fully saturated rings. The van der Waals surface area contributed by atoms with Gasteiger partial charge in [0.15, 0.2) is 12.4 Å². The summed E-state index contributed by atoms with van der Waals surface area (Å²) in [6.07, 6.45) is 38.1. The second kappa shape index (κ2) is 37.7. The highest BCUT2D eigenvalue weighted by Crippen LogP contribution is 2.22. The van der Waals surface area contributed by atoms with E-state index in [1.54, 1.807) is 0 Å². The van der Waals surface area contributed by atoms with Crippen LogP contribution in [0.5, 0.6) is 0 Å². The predicted octanol–water partition coefficient (Wildman–Crippen LogP) is 9.44. The molecular formula is C47H80O10. The molecule has 10 heteroatoms. The quantitative estimate of drug-likeness (QED) is 0.0274. The largest absolute Gasteiger partial charge is 0.462 e. The van der Waals surface area contributed by atoms with Gasteiger partial charge < -0.3 is 39.4 Å². The summed E-state index contributed by atoms with van der Waals surface area (Å²) >= 11 is 0. The minimum atomic E-state index is -1.61. The Labute approximate surface area is 345 Å². The van der Waals surface area contributed by atoms with Crippen LogP contribution < -0.4 is 0 Å². The summed E-state index contributed by atoms with van der Waals surface area (Å²) in [7, 11) is 0. The summed E-state index contributed by atoms with van der Waals surface area (Å²) in [4.78, 5) is 25.3. The molecule has 0 amide bonds. The Balaban J connectivity index is 2.41. The third kappa shape index (κ3) is 29.3. The first-order valence-corrected chi connectivity index (χ1v) is 22.4. The molecule has 0 aromatic rings. The van der Waals surface area contributed by atoms with Crippen LogP contribution in [0.1, 0.15) is 168 Å². The van der Waals surface area contributed by atoms with Crippen LogP contribution in [0, 0.1) is 0 Å². The summed E-state index contributed by atoms with van der Waals surface area (Å²) in [5, 5.41) is 40.0. The van der Waals surface area contributed by atoms with E-state index >= 15 is 0 Å². The van der Waals surface area contributed by atoms with Crippen molar-refractivity contribution in [2.75, 3.05) is 19.8 Å². The van der Waals surface area contributed by atoms with Crippen molar-refractivity contribution in [3.05, 3.63) is 60.8 Å². The van der Waals surface area contributed by atoms with Gasteiger partial charge in [0.2, 0.25) is 0 Å². The fourth-order valence-corrected chi connectivity index (χ4v) is 6.29. The Morgan fingerprint density at radius 3 is 1.53 bits per heavy atom. The lowest BCUT2D eigenvalue weighted by atomic mass is 9.99. The number of hydrogen-bond donors (Lipinski definition) is 4. The minimum Gasteiger partial charge on any atom is -0.462 e. The van der Waals surface area contributed by atoms with E-state index in [2.05, 4.69) is 74.6 Å². The fraction of sp³-hybridized carbons (Fsp3) is 0.745. The number of ether oxygens (including phenoxy) is 4. The van der Waals surface area contributed by atoms with Crippen molar-refractivity contribution in [1.82, 2.24) is 0 Å². The zero-order chi connectivity index (χ0) is 41.6. The first kappa shape index (κ1) is 52.4. The number of carbonyl (C=O) groups is 2. The van der Waals surface area contributed by atoms with Crippen LogP contribution in [-0.2, 0) is 28.5 Å². The molecular weight excluding hydrogens is 725 g/mol. The van der Waals surface area contributed by atoms with Gasteiger partial charge in [0.25, 0.3) is 0 Å². The molecule has 10 nitrogen and oxygen atoms in total. The monoisotopic (exact) mass is 805 g/mol. The lowest BCUT2D eigenvalue weighted by Crippen LogP contribution is -2.59. The number of aliphatic hydroxyl groups excluding tert-OH is 4. The van der Waals surface area contributed by atoms with Gasteiger partial charge >= 0.3 is 11.9 Å². The second-order valence-electron chi connectivity index (χ2n) is 15.1. The van der Waals surface area contributed by atoms with Gasteiger partial charge in [0.05, 0.1) is 13.2 Å². The third-order valence-corrected chi connectivity index (χ3v) is 9.88. The summed E-state index contributed by atoms with van der Waals surface area (Å²) < 4.78 is 22.0. The van der Waals surface area contributed by atoms with Crippen molar-refractivity contribution in [3.8, 4) is 0 Å². The molecule has 0 spiro atoms. The Bertz CT molecular complexity index is 1110. The molecule has 0 saturated carbocycles. The normalized spacial score (nSPS) is 20.8. The van der Waals surface area contributed by atoms with E-state index in [0.717, 1.165) is 51.4 Å². The molecule has 2 unspecified atom stereocenters. The fourth-order valence-electron chi connectivity index (χ4n) is 6.29. The Hall–Kier alpha value is -2.60. The van der Waals surface area contributed by atoms with E-state index in [0.29, 0.717) is 12.8 Å². The van der Waals surface area contributed by atoms with Crippen molar-refractivity contribution in [2.24, 2.45) is 0 Å². The van der Waals surface area contributed by atoms with Gasteiger partial charge in [-0.3, -0.25) is 9.59 Å². The van der Waals surface area contributed by atoms with Gasteiger partial charge in [-0.1, -0.05) is 139 Å². The van der Waals surface area contributed by atoms with Crippen LogP contribution in [0.4, 0.5) is 0 Å². The lowest BCUT2D eigenvalue weighted by Gasteiger charge is -2.39. The van der Waals surface area contributed by atoms with Gasteiger partial charge in [0.1, 0.15) is 31.0 Å². The van der Waals surface area contributed by atoms with E-state index in [9.17, 15) is 30.0 Å². The van der Waals surface area contributed by atoms with Gasteiger partial charge in [-0.15, -0.1) is 0 Å². The van der Waals surface area contributed by atoms with Gasteiger partial charge in [-0.05, 0) is 77.0 Å². The number of unbranched alkanes of at least 4 members (excludes halogenated alkanes) is 15. The molecule has 0 aliphatic carbocycles. The minimum absolute atomic E-state index is 0.175. The maximum absolute atomic E-state index is 12.7. The van der Waals surface area contributed by atoms with Crippen LogP contribution in [-0.4, -0.2) is 89.0 Å². The standard InChI is InChI=1S/C47H80O10/c1-3-5-7-9-11-13-15-17-19-20-22-23-25-27-29-31-33-35-42(49)54-38-40(39-55-47-46(53)45(52)44(51)41(37-48)57-47)56-43(50)36-34-32-30-28-26-24-21-18-16-14-12-10-8-6-4-2/h17-19,21-23,26-29,40-41,44-48,51-53H,3-16,20,24-25,30-39H2,1-2H3/b19-17+,21-18+,23-22+,28-26+,29-27+/t40-,41-,44+,45?,46?,47-/m0/s1. The summed E-state index contributed by atoms with van der Waals surface area (Å²) in [6, 6.07) is 0. The van der Waals surface area contributed by atoms with Crippen molar-refractivity contribution < 1.29 is 49.0 Å². The third-order valence-electron chi connectivity index (χ3n) is 9.88. The molecule has 1 aliphatic heterocycles. The first-order chi connectivity index (χ1) is 27.8. The number of allylic oxidation sites excluding steroid dienone is 10. The molecule has 0 aromatic carbocycles. The van der Waals surface area contributed by atoms with E-state index < -0.39 is 55.4 Å². The van der Waals surface area contributed by atoms with Crippen LogP contribution in [0.15, 0.2) is 60.8 Å². The lowest BCUT2D eigenvalue weighted by molar-refractivity contribution is -0.305. The molecule has 0 aromatic heterocycles. The van der Waals surface area contributed by atoms with Gasteiger partial charge in [-0.25, -0.2) is 0 Å². The highest BCUT2D eigenvalue weighted by Gasteiger charge is 2.44. The van der Waals surface area contributed by atoms with E-state index in [-0.39, 0.29) is 26.1 Å². The number of hydrogen-bond acceptors (Lipinski definition) is 10. The van der Waals surface area contributed by atoms with Gasteiger partial charge in [0, 0.05) is 12.8 Å². The molecule has 0 radical (unpaired) electrons. The molecule has 1 rings (SSSR count). The average Bonchev–Trinajstić information content (AvgIpc) is 3.21. The van der Waals surface area contributed by atoms with E-state index in [1.807, 2.05) is 0 Å². The molecule has 6 atom stereocenters. The molecule has 0 bridgehead atoms. The van der Waals surface area contributed by atoms with E-state index in [1.165, 1.54) is 77.0 Å². The van der Waals surface area contributed by atoms with E-state index in [4.69, 9.17) is 18.9 Å². The summed E-state index contributed by atoms with van der Waals surface area (Å²) in [5.41, 5.74) is 0. The molecule has 1 heterocycles. The number of carbonyl (C=O) groups excluding carboxylic acids is 2. The maximum atomic E-state index is 12.7. The molecule has 4 N–H and O–H groups in total.